The van der Waals surface area contributed by atoms with Crippen molar-refractivity contribution in [3.05, 3.63) is 11.9 Å². The number of nitrogens with zero attached hydrogens (tertiary/aromatic N) is 3. The summed E-state index contributed by atoms with van der Waals surface area (Å²) in [6, 6.07) is -0.172. The molecular weight excluding hydrogens is 258 g/mol. The largest absolute Gasteiger partial charge is 0.493 e. The van der Waals surface area contributed by atoms with Gasteiger partial charge in [-0.2, -0.15) is 5.10 Å². The van der Waals surface area contributed by atoms with Gasteiger partial charge in [-0.3, -0.25) is 10.5 Å². The average molecular weight is 285 g/mol. The first-order valence-corrected chi connectivity index (χ1v) is 6.87. The van der Waals surface area contributed by atoms with E-state index in [-0.39, 0.29) is 12.1 Å². The molecule has 0 saturated heterocycles. The summed E-state index contributed by atoms with van der Waals surface area (Å²) in [6.07, 6.45) is 1.64. The molecule has 2 unspecified atom stereocenters. The van der Waals surface area contributed by atoms with Gasteiger partial charge in [0.25, 0.3) is 0 Å². The number of likely N-dealkylation sites (N-methyl/N-ethyl adjacent to an activating group) is 1. The molecular formula is C13H27N5O2. The standard InChI is InChI=1S/C13H27N5O2/c1-6-20-10(2)12(16-14)13-11(19-5)9-15-18(13)8-7-17(3)4/h9-10,12,16H,6-8,14H2,1-5H3. The van der Waals surface area contributed by atoms with E-state index in [4.69, 9.17) is 15.3 Å². The van der Waals surface area contributed by atoms with E-state index in [9.17, 15) is 0 Å². The van der Waals surface area contributed by atoms with Crippen molar-refractivity contribution in [2.45, 2.75) is 32.5 Å². The quantitative estimate of drug-likeness (QED) is 0.504. The third kappa shape index (κ3) is 4.17. The van der Waals surface area contributed by atoms with E-state index in [0.29, 0.717) is 6.61 Å². The molecule has 2 atom stereocenters. The van der Waals surface area contributed by atoms with Crippen molar-refractivity contribution in [3.8, 4) is 5.75 Å². The number of hydrogen-bond donors (Lipinski definition) is 2. The average Bonchev–Trinajstić information content (AvgIpc) is 2.80. The van der Waals surface area contributed by atoms with Gasteiger partial charge in [-0.05, 0) is 27.9 Å². The van der Waals surface area contributed by atoms with Crippen molar-refractivity contribution >= 4 is 0 Å². The van der Waals surface area contributed by atoms with Crippen LogP contribution < -0.4 is 16.0 Å². The van der Waals surface area contributed by atoms with E-state index >= 15 is 0 Å². The minimum atomic E-state index is -0.172. The van der Waals surface area contributed by atoms with Crippen LogP contribution in [-0.2, 0) is 11.3 Å². The number of nitrogens with one attached hydrogen (secondary N) is 1. The Labute approximate surface area is 121 Å². The van der Waals surface area contributed by atoms with Crippen molar-refractivity contribution in [2.24, 2.45) is 5.84 Å². The molecule has 0 spiro atoms. The molecule has 20 heavy (non-hydrogen) atoms. The second kappa shape index (κ2) is 8.21. The Morgan fingerprint density at radius 3 is 2.70 bits per heavy atom. The summed E-state index contributed by atoms with van der Waals surface area (Å²) < 4.78 is 13.0. The molecule has 0 bridgehead atoms. The van der Waals surface area contributed by atoms with Gasteiger partial charge < -0.3 is 14.4 Å². The normalized spacial score (nSPS) is 14.6. The zero-order valence-electron chi connectivity index (χ0n) is 13.1. The van der Waals surface area contributed by atoms with Gasteiger partial charge in [0.1, 0.15) is 5.69 Å². The lowest BCUT2D eigenvalue weighted by Gasteiger charge is -2.25. The van der Waals surface area contributed by atoms with E-state index < -0.39 is 0 Å². The van der Waals surface area contributed by atoms with Gasteiger partial charge in [-0.15, -0.1) is 0 Å². The van der Waals surface area contributed by atoms with Crippen LogP contribution >= 0.6 is 0 Å². The maximum atomic E-state index is 5.71. The predicted molar refractivity (Wildman–Crippen MR) is 78.5 cm³/mol. The van der Waals surface area contributed by atoms with Crippen LogP contribution in [0.25, 0.3) is 0 Å². The molecule has 3 N–H and O–H groups in total. The molecule has 0 radical (unpaired) electrons. The highest BCUT2D eigenvalue weighted by Gasteiger charge is 2.26. The molecule has 7 nitrogen and oxygen atoms in total. The second-order valence-electron chi connectivity index (χ2n) is 4.93. The molecule has 0 aromatic carbocycles. The predicted octanol–water partition coefficient (Wildman–Crippen LogP) is 0.383. The third-order valence-corrected chi connectivity index (χ3v) is 3.20. The first-order valence-electron chi connectivity index (χ1n) is 6.87. The van der Waals surface area contributed by atoms with Gasteiger partial charge in [0.15, 0.2) is 5.75 Å². The molecule has 7 heteroatoms. The molecule has 1 aromatic heterocycles. The van der Waals surface area contributed by atoms with Gasteiger partial charge in [0.05, 0.1) is 32.0 Å². The van der Waals surface area contributed by atoms with Crippen LogP contribution in [0, 0.1) is 0 Å². The Kier molecular flexibility index (Phi) is 6.94. The molecule has 0 fully saturated rings. The molecule has 0 aliphatic heterocycles. The van der Waals surface area contributed by atoms with Crippen LogP contribution in [-0.4, -0.2) is 55.1 Å². The maximum absolute atomic E-state index is 5.71. The molecule has 1 aromatic rings. The number of rotatable bonds is 9. The van der Waals surface area contributed by atoms with E-state index in [1.165, 1.54) is 0 Å². The fourth-order valence-electron chi connectivity index (χ4n) is 2.12. The zero-order valence-corrected chi connectivity index (χ0v) is 13.1. The van der Waals surface area contributed by atoms with Crippen LogP contribution in [0.1, 0.15) is 25.6 Å². The molecule has 0 saturated carbocycles. The first kappa shape index (κ1) is 16.9. The molecule has 0 aliphatic carbocycles. The maximum Gasteiger partial charge on any atom is 0.161 e. The lowest BCUT2D eigenvalue weighted by molar-refractivity contribution is 0.0440. The second-order valence-corrected chi connectivity index (χ2v) is 4.93. The number of methoxy groups -OCH3 is 1. The Morgan fingerprint density at radius 1 is 1.50 bits per heavy atom. The van der Waals surface area contributed by atoms with E-state index in [2.05, 4.69) is 15.4 Å². The van der Waals surface area contributed by atoms with Gasteiger partial charge in [-0.25, -0.2) is 5.43 Å². The summed E-state index contributed by atoms with van der Waals surface area (Å²) in [4.78, 5) is 2.11. The zero-order chi connectivity index (χ0) is 15.1. The topological polar surface area (TPSA) is 77.6 Å². The van der Waals surface area contributed by atoms with Gasteiger partial charge in [0.2, 0.25) is 0 Å². The third-order valence-electron chi connectivity index (χ3n) is 3.20. The van der Waals surface area contributed by atoms with Crippen LogP contribution in [0.5, 0.6) is 5.75 Å². The molecule has 1 rings (SSSR count). The Balaban J connectivity index is 3.01. The summed E-state index contributed by atoms with van der Waals surface area (Å²) in [6.45, 7) is 6.23. The summed E-state index contributed by atoms with van der Waals surface area (Å²) in [5.74, 6) is 6.43. The number of ether oxygens (including phenoxy) is 2. The highest BCUT2D eigenvalue weighted by atomic mass is 16.5. The van der Waals surface area contributed by atoms with Crippen molar-refractivity contribution in [1.29, 1.82) is 0 Å². The monoisotopic (exact) mass is 285 g/mol. The summed E-state index contributed by atoms with van der Waals surface area (Å²) >= 11 is 0. The van der Waals surface area contributed by atoms with Crippen LogP contribution in [0.15, 0.2) is 6.20 Å². The minimum Gasteiger partial charge on any atom is -0.493 e. The Morgan fingerprint density at radius 2 is 2.20 bits per heavy atom. The SMILES string of the molecule is CCOC(C)C(NN)c1c(OC)cnn1CCN(C)C. The highest BCUT2D eigenvalue weighted by molar-refractivity contribution is 5.29. The van der Waals surface area contributed by atoms with E-state index in [0.717, 1.165) is 24.5 Å². The highest BCUT2D eigenvalue weighted by Crippen LogP contribution is 2.28. The summed E-state index contributed by atoms with van der Waals surface area (Å²) in [5.41, 5.74) is 3.73. The number of hydrogen-bond acceptors (Lipinski definition) is 6. The van der Waals surface area contributed by atoms with E-state index in [1.807, 2.05) is 32.6 Å². The van der Waals surface area contributed by atoms with Gasteiger partial charge in [0, 0.05) is 13.2 Å². The lowest BCUT2D eigenvalue weighted by atomic mass is 10.1. The molecule has 116 valence electrons. The van der Waals surface area contributed by atoms with Crippen LogP contribution in [0.2, 0.25) is 0 Å². The molecule has 0 aliphatic rings. The van der Waals surface area contributed by atoms with Crippen molar-refractivity contribution in [2.75, 3.05) is 34.4 Å². The lowest BCUT2D eigenvalue weighted by Crippen LogP contribution is -2.38. The summed E-state index contributed by atoms with van der Waals surface area (Å²) in [5, 5.41) is 4.38. The number of aromatic nitrogens is 2. The number of nitrogens with two attached hydrogens (primary N) is 1. The first-order chi connectivity index (χ1) is 9.54. The fraction of sp³-hybridized carbons (Fsp3) is 0.769. The molecule has 1 heterocycles. The Hall–Kier alpha value is -1.15. The van der Waals surface area contributed by atoms with Crippen molar-refractivity contribution < 1.29 is 9.47 Å². The van der Waals surface area contributed by atoms with Crippen LogP contribution in [0.3, 0.4) is 0 Å². The fourth-order valence-corrected chi connectivity index (χ4v) is 2.12. The number of hydrazine groups is 1. The summed E-state index contributed by atoms with van der Waals surface area (Å²) in [7, 11) is 5.69. The van der Waals surface area contributed by atoms with Crippen LogP contribution in [0.4, 0.5) is 0 Å². The Bertz CT molecular complexity index is 394. The minimum absolute atomic E-state index is 0.0753. The van der Waals surface area contributed by atoms with E-state index in [1.54, 1.807) is 13.3 Å². The smallest absolute Gasteiger partial charge is 0.161 e. The molecule has 0 amide bonds. The van der Waals surface area contributed by atoms with Crippen molar-refractivity contribution in [1.82, 2.24) is 20.1 Å². The van der Waals surface area contributed by atoms with Gasteiger partial charge in [-0.1, -0.05) is 0 Å². The van der Waals surface area contributed by atoms with Crippen molar-refractivity contribution in [3.63, 3.8) is 0 Å². The van der Waals surface area contributed by atoms with Gasteiger partial charge >= 0.3 is 0 Å².